The van der Waals surface area contributed by atoms with E-state index in [1.165, 1.54) is 18.2 Å². The number of rotatable bonds is 6. The number of phenolic OH excluding ortho intramolecular Hbond substituents is 2. The fraction of sp³-hybridized carbons (Fsp3) is 0.500. The van der Waals surface area contributed by atoms with Crippen LogP contribution in [0.15, 0.2) is 18.2 Å². The van der Waals surface area contributed by atoms with Gasteiger partial charge in [0.2, 0.25) is 11.8 Å². The topological polar surface area (TPSA) is 108 Å². The molecular formula is C28H33Cl3N2O5. The summed E-state index contributed by atoms with van der Waals surface area (Å²) >= 11 is 19.1. The molecule has 0 saturated heterocycles. The van der Waals surface area contributed by atoms with Crippen molar-refractivity contribution in [3.8, 4) is 23.0 Å². The molecule has 2 saturated carbocycles. The van der Waals surface area contributed by atoms with E-state index in [9.17, 15) is 19.8 Å². The predicted octanol–water partition coefficient (Wildman–Crippen LogP) is 8.67. The molecule has 0 radical (unpaired) electrons. The predicted molar refractivity (Wildman–Crippen MR) is 151 cm³/mol. The van der Waals surface area contributed by atoms with E-state index in [4.69, 9.17) is 39.5 Å². The largest absolute Gasteiger partial charge is 0.506 e. The van der Waals surface area contributed by atoms with Gasteiger partial charge in [-0.15, -0.1) is 0 Å². The monoisotopic (exact) mass is 582 g/mol. The number of halogens is 3. The molecule has 7 nitrogen and oxygen atoms in total. The molecule has 2 aromatic carbocycles. The highest BCUT2D eigenvalue weighted by molar-refractivity contribution is 6.45. The number of hydrogen-bond acceptors (Lipinski definition) is 5. The van der Waals surface area contributed by atoms with E-state index >= 15 is 0 Å². The van der Waals surface area contributed by atoms with Gasteiger partial charge in [0.25, 0.3) is 0 Å². The lowest BCUT2D eigenvalue weighted by Crippen LogP contribution is -2.35. The quantitative estimate of drug-likeness (QED) is 0.254. The van der Waals surface area contributed by atoms with Crippen molar-refractivity contribution in [2.75, 3.05) is 10.6 Å². The molecule has 0 aromatic heterocycles. The summed E-state index contributed by atoms with van der Waals surface area (Å²) in [5.41, 5.74) is -0.708. The Morgan fingerprint density at radius 3 is 1.79 bits per heavy atom. The van der Waals surface area contributed by atoms with Gasteiger partial charge in [-0.25, -0.2) is 0 Å². The second-order valence-corrected chi connectivity index (χ2v) is 12.1. The molecule has 0 unspecified atom stereocenters. The van der Waals surface area contributed by atoms with E-state index in [-0.39, 0.29) is 55.5 Å². The van der Waals surface area contributed by atoms with Crippen molar-refractivity contribution in [1.29, 1.82) is 0 Å². The Labute approximate surface area is 237 Å². The third-order valence-corrected chi connectivity index (χ3v) is 9.16. The number of carbonyl (C=O) groups is 2. The summed E-state index contributed by atoms with van der Waals surface area (Å²) < 4.78 is 5.95. The molecule has 2 fully saturated rings. The van der Waals surface area contributed by atoms with E-state index < -0.39 is 16.6 Å². The first-order valence-corrected chi connectivity index (χ1v) is 14.1. The number of anilines is 2. The molecule has 206 valence electrons. The zero-order valence-electron chi connectivity index (χ0n) is 21.6. The van der Waals surface area contributed by atoms with Gasteiger partial charge in [0.05, 0.1) is 16.4 Å². The molecule has 0 heterocycles. The van der Waals surface area contributed by atoms with E-state index in [0.29, 0.717) is 0 Å². The van der Waals surface area contributed by atoms with Gasteiger partial charge in [0.15, 0.2) is 17.2 Å². The summed E-state index contributed by atoms with van der Waals surface area (Å²) in [6.07, 6.45) is 9.08. The van der Waals surface area contributed by atoms with Crippen LogP contribution < -0.4 is 15.4 Å². The van der Waals surface area contributed by atoms with Gasteiger partial charge in [-0.1, -0.05) is 87.2 Å². The maximum absolute atomic E-state index is 13.2. The van der Waals surface area contributed by atoms with Crippen molar-refractivity contribution in [2.45, 2.75) is 78.1 Å². The third kappa shape index (κ3) is 5.80. The van der Waals surface area contributed by atoms with Crippen LogP contribution >= 0.6 is 34.8 Å². The molecule has 0 atom stereocenters. The Kier molecular flexibility index (Phi) is 8.60. The Balaban J connectivity index is 1.65. The SMILES string of the molecule is CC1(C(=O)Nc2cc(Oc3c(NC(=O)C4(C)CCCCC4)ccc(O)c3Cl)c(O)c(Cl)c2Cl)CCCCC1. The fourth-order valence-corrected chi connectivity index (χ4v) is 5.87. The average Bonchev–Trinajstić information content (AvgIpc) is 2.90. The lowest BCUT2D eigenvalue weighted by atomic mass is 9.75. The number of hydrogen-bond donors (Lipinski definition) is 4. The van der Waals surface area contributed by atoms with Crippen molar-refractivity contribution in [3.63, 3.8) is 0 Å². The lowest BCUT2D eigenvalue weighted by Gasteiger charge is -2.32. The summed E-state index contributed by atoms with van der Waals surface area (Å²) in [6, 6.07) is 4.17. The number of benzene rings is 2. The van der Waals surface area contributed by atoms with E-state index in [2.05, 4.69) is 10.6 Å². The van der Waals surface area contributed by atoms with E-state index in [0.717, 1.165) is 64.2 Å². The molecule has 0 spiro atoms. The first-order chi connectivity index (χ1) is 17.9. The van der Waals surface area contributed by atoms with Gasteiger partial charge in [-0.3, -0.25) is 9.59 Å². The first-order valence-electron chi connectivity index (χ1n) is 13.0. The molecule has 2 aliphatic carbocycles. The van der Waals surface area contributed by atoms with Crippen molar-refractivity contribution in [3.05, 3.63) is 33.3 Å². The van der Waals surface area contributed by atoms with Crippen LogP contribution in [-0.2, 0) is 9.59 Å². The van der Waals surface area contributed by atoms with Crippen LogP contribution in [0.25, 0.3) is 0 Å². The molecule has 38 heavy (non-hydrogen) atoms. The Hall–Kier alpha value is -2.35. The van der Waals surface area contributed by atoms with Crippen molar-refractivity contribution >= 4 is 58.0 Å². The molecule has 4 rings (SSSR count). The average molecular weight is 584 g/mol. The van der Waals surface area contributed by atoms with E-state index in [1.807, 2.05) is 13.8 Å². The molecule has 10 heteroatoms. The normalized spacial score (nSPS) is 18.4. The van der Waals surface area contributed by atoms with Gasteiger partial charge in [0, 0.05) is 16.9 Å². The number of ether oxygens (including phenoxy) is 1. The Morgan fingerprint density at radius 1 is 0.763 bits per heavy atom. The van der Waals surface area contributed by atoms with Crippen LogP contribution in [0.5, 0.6) is 23.0 Å². The van der Waals surface area contributed by atoms with Gasteiger partial charge >= 0.3 is 0 Å². The molecule has 2 aliphatic rings. The van der Waals surface area contributed by atoms with Crippen molar-refractivity contribution in [1.82, 2.24) is 0 Å². The van der Waals surface area contributed by atoms with Gasteiger partial charge in [-0.2, -0.15) is 0 Å². The highest BCUT2D eigenvalue weighted by Crippen LogP contribution is 2.50. The third-order valence-electron chi connectivity index (χ3n) is 7.94. The van der Waals surface area contributed by atoms with Crippen LogP contribution in [0.1, 0.15) is 78.1 Å². The summed E-state index contributed by atoms with van der Waals surface area (Å²) in [4.78, 5) is 26.3. The molecule has 2 amide bonds. The zero-order chi connectivity index (χ0) is 27.7. The highest BCUT2D eigenvalue weighted by Gasteiger charge is 2.36. The van der Waals surface area contributed by atoms with E-state index in [1.54, 1.807) is 0 Å². The molecule has 4 N–H and O–H groups in total. The smallest absolute Gasteiger partial charge is 0.230 e. The summed E-state index contributed by atoms with van der Waals surface area (Å²) in [5.74, 6) is -1.37. The van der Waals surface area contributed by atoms with Crippen molar-refractivity contribution < 1.29 is 24.5 Å². The summed E-state index contributed by atoms with van der Waals surface area (Å²) in [7, 11) is 0. The van der Waals surface area contributed by atoms with Crippen LogP contribution in [0.3, 0.4) is 0 Å². The summed E-state index contributed by atoms with van der Waals surface area (Å²) in [6.45, 7) is 3.85. The second kappa shape index (κ2) is 11.4. The maximum Gasteiger partial charge on any atom is 0.230 e. The van der Waals surface area contributed by atoms with Crippen LogP contribution in [-0.4, -0.2) is 22.0 Å². The maximum atomic E-state index is 13.2. The fourth-order valence-electron chi connectivity index (χ4n) is 5.28. The Bertz CT molecular complexity index is 1240. The highest BCUT2D eigenvalue weighted by atomic mass is 35.5. The standard InChI is InChI=1S/C28H33Cl3N2O5/c1-27(11-5-3-6-12-27)25(36)32-16-9-10-18(34)21(30)24(16)38-19-15-17(20(29)22(31)23(19)35)33-26(37)28(2)13-7-4-8-14-28/h9-10,15,34-35H,3-8,11-14H2,1-2H3,(H,32,36)(H,33,37). The molecule has 0 aliphatic heterocycles. The summed E-state index contributed by atoms with van der Waals surface area (Å²) in [5, 5.41) is 26.3. The van der Waals surface area contributed by atoms with Crippen LogP contribution in [0.4, 0.5) is 11.4 Å². The van der Waals surface area contributed by atoms with Crippen molar-refractivity contribution in [2.24, 2.45) is 10.8 Å². The molecular weight excluding hydrogens is 551 g/mol. The minimum atomic E-state index is -0.547. The van der Waals surface area contributed by atoms with Gasteiger partial charge in [-0.05, 0) is 37.8 Å². The van der Waals surface area contributed by atoms with Gasteiger partial charge in [0.1, 0.15) is 15.8 Å². The lowest BCUT2D eigenvalue weighted by molar-refractivity contribution is -0.127. The van der Waals surface area contributed by atoms with Crippen LogP contribution in [0, 0.1) is 10.8 Å². The van der Waals surface area contributed by atoms with Gasteiger partial charge < -0.3 is 25.6 Å². The number of phenols is 2. The number of nitrogens with one attached hydrogen (secondary N) is 2. The Morgan fingerprint density at radius 2 is 1.26 bits per heavy atom. The first kappa shape index (κ1) is 28.7. The second-order valence-electron chi connectivity index (χ2n) is 10.9. The number of aromatic hydroxyl groups is 2. The minimum Gasteiger partial charge on any atom is -0.506 e. The molecule has 2 aromatic rings. The zero-order valence-corrected chi connectivity index (χ0v) is 23.8. The molecule has 0 bridgehead atoms. The minimum absolute atomic E-state index is 0.0370. The number of carbonyl (C=O) groups excluding carboxylic acids is 2. The van der Waals surface area contributed by atoms with Crippen LogP contribution in [0.2, 0.25) is 15.1 Å². The number of amides is 2.